The predicted octanol–water partition coefficient (Wildman–Crippen LogP) is 4.71. The molecule has 0 fully saturated rings. The quantitative estimate of drug-likeness (QED) is 0.422. The van der Waals surface area contributed by atoms with Crippen LogP contribution < -0.4 is 15.0 Å². The van der Waals surface area contributed by atoms with Crippen LogP contribution in [-0.2, 0) is 0 Å². The average Bonchev–Trinajstić information content (AvgIpc) is 2.77. The van der Waals surface area contributed by atoms with Crippen molar-refractivity contribution in [3.8, 4) is 28.5 Å². The summed E-state index contributed by atoms with van der Waals surface area (Å²) >= 11 is 0. The minimum Gasteiger partial charge on any atom is -0.478 e. The first kappa shape index (κ1) is 20.6. The third-order valence-electron chi connectivity index (χ3n) is 4.86. The molecule has 6 nitrogen and oxygen atoms in total. The van der Waals surface area contributed by atoms with E-state index in [4.69, 9.17) is 9.47 Å². The molecule has 6 heteroatoms. The molecule has 4 rings (SSSR count). The highest BCUT2D eigenvalue weighted by molar-refractivity contribution is 5.84. The molecular formula is C25H25N3O3. The van der Waals surface area contributed by atoms with Crippen LogP contribution in [0.2, 0.25) is 0 Å². The molecule has 0 saturated carbocycles. The van der Waals surface area contributed by atoms with Crippen LogP contribution in [0.5, 0.6) is 17.4 Å². The van der Waals surface area contributed by atoms with Gasteiger partial charge in [-0.25, -0.2) is 4.98 Å². The number of benzene rings is 2. The van der Waals surface area contributed by atoms with Crippen molar-refractivity contribution in [3.63, 3.8) is 0 Å². The van der Waals surface area contributed by atoms with Gasteiger partial charge < -0.3 is 19.4 Å². The van der Waals surface area contributed by atoms with Crippen LogP contribution in [-0.4, -0.2) is 42.1 Å². The molecule has 2 heterocycles. The maximum atomic E-state index is 11.9. The van der Waals surface area contributed by atoms with E-state index in [0.29, 0.717) is 24.0 Å². The number of hydrogen-bond donors (Lipinski definition) is 1. The van der Waals surface area contributed by atoms with Crippen LogP contribution in [0.1, 0.15) is 6.42 Å². The molecule has 0 unspecified atom stereocenters. The van der Waals surface area contributed by atoms with Crippen molar-refractivity contribution in [1.29, 1.82) is 0 Å². The van der Waals surface area contributed by atoms with Crippen LogP contribution in [0, 0.1) is 0 Å². The fraction of sp³-hybridized carbons (Fsp3) is 0.200. The number of nitrogens with zero attached hydrogens (tertiary/aromatic N) is 2. The highest BCUT2D eigenvalue weighted by atomic mass is 16.5. The van der Waals surface area contributed by atoms with E-state index in [0.717, 1.165) is 35.0 Å². The Balaban J connectivity index is 1.44. The zero-order valence-corrected chi connectivity index (χ0v) is 17.7. The molecule has 0 bridgehead atoms. The summed E-state index contributed by atoms with van der Waals surface area (Å²) in [5.74, 6) is 1.82. The second-order valence-electron chi connectivity index (χ2n) is 7.56. The van der Waals surface area contributed by atoms with Crippen molar-refractivity contribution in [3.05, 3.63) is 83.3 Å². The summed E-state index contributed by atoms with van der Waals surface area (Å²) in [7, 11) is 4.09. The lowest BCUT2D eigenvalue weighted by Gasteiger charge is -2.11. The van der Waals surface area contributed by atoms with E-state index < -0.39 is 0 Å². The number of aromatic nitrogens is 2. The third-order valence-corrected chi connectivity index (χ3v) is 4.86. The van der Waals surface area contributed by atoms with E-state index in [1.54, 1.807) is 6.20 Å². The number of rotatable bonds is 8. The molecule has 31 heavy (non-hydrogen) atoms. The monoisotopic (exact) mass is 415 g/mol. The fourth-order valence-corrected chi connectivity index (χ4v) is 3.29. The van der Waals surface area contributed by atoms with E-state index in [2.05, 4.69) is 14.9 Å². The molecule has 0 atom stereocenters. The van der Waals surface area contributed by atoms with Gasteiger partial charge in [-0.3, -0.25) is 4.79 Å². The number of fused-ring (bicyclic) bond motifs is 1. The van der Waals surface area contributed by atoms with Crippen molar-refractivity contribution in [2.24, 2.45) is 0 Å². The van der Waals surface area contributed by atoms with Crippen LogP contribution in [0.25, 0.3) is 22.0 Å². The van der Waals surface area contributed by atoms with Crippen molar-refractivity contribution in [2.75, 3.05) is 27.2 Å². The van der Waals surface area contributed by atoms with Gasteiger partial charge in [0.25, 0.3) is 5.56 Å². The van der Waals surface area contributed by atoms with Crippen molar-refractivity contribution >= 4 is 10.9 Å². The number of pyridine rings is 2. The SMILES string of the molecule is CN(C)CCCOc1ccc(-c2ccc(Oc3cc(=O)[nH]c4ccccc34)cc2)cn1. The third kappa shape index (κ3) is 5.29. The number of hydrogen-bond acceptors (Lipinski definition) is 5. The van der Waals surface area contributed by atoms with Gasteiger partial charge in [0.05, 0.1) is 12.1 Å². The molecule has 2 aromatic carbocycles. The first-order chi connectivity index (χ1) is 15.1. The normalized spacial score (nSPS) is 11.1. The zero-order chi connectivity index (χ0) is 21.6. The average molecular weight is 415 g/mol. The Hall–Kier alpha value is -3.64. The van der Waals surface area contributed by atoms with Crippen LogP contribution in [0.4, 0.5) is 0 Å². The Bertz CT molecular complexity index is 1200. The van der Waals surface area contributed by atoms with E-state index in [1.165, 1.54) is 6.07 Å². The first-order valence-corrected chi connectivity index (χ1v) is 10.2. The van der Waals surface area contributed by atoms with Gasteiger partial charge in [0.2, 0.25) is 5.88 Å². The molecule has 158 valence electrons. The van der Waals surface area contributed by atoms with Gasteiger partial charge in [-0.2, -0.15) is 0 Å². The van der Waals surface area contributed by atoms with Gasteiger partial charge in [0, 0.05) is 35.8 Å². The summed E-state index contributed by atoms with van der Waals surface area (Å²) in [6.07, 6.45) is 2.77. The zero-order valence-electron chi connectivity index (χ0n) is 17.7. The van der Waals surface area contributed by atoms with E-state index in [-0.39, 0.29) is 5.56 Å². The molecule has 0 spiro atoms. The smallest absolute Gasteiger partial charge is 0.252 e. The first-order valence-electron chi connectivity index (χ1n) is 10.2. The van der Waals surface area contributed by atoms with Crippen molar-refractivity contribution < 1.29 is 9.47 Å². The highest BCUT2D eigenvalue weighted by Crippen LogP contribution is 2.29. The Morgan fingerprint density at radius 1 is 0.968 bits per heavy atom. The van der Waals surface area contributed by atoms with Gasteiger partial charge in [-0.1, -0.05) is 24.3 Å². The number of aromatic amines is 1. The van der Waals surface area contributed by atoms with E-state index in [1.807, 2.05) is 74.8 Å². The van der Waals surface area contributed by atoms with Crippen molar-refractivity contribution in [2.45, 2.75) is 6.42 Å². The topological polar surface area (TPSA) is 67.5 Å². The van der Waals surface area contributed by atoms with E-state index >= 15 is 0 Å². The standard InChI is InChI=1S/C25H25N3O3/c1-28(2)14-5-15-30-25-13-10-19(17-26-25)18-8-11-20(12-9-18)31-23-16-24(29)27-22-7-4-3-6-21(22)23/h3-4,6-13,16-17H,5,14-15H2,1-2H3,(H,27,29). The maximum Gasteiger partial charge on any atom is 0.252 e. The lowest BCUT2D eigenvalue weighted by Crippen LogP contribution is -2.15. The molecule has 0 amide bonds. The Morgan fingerprint density at radius 3 is 2.48 bits per heavy atom. The molecule has 0 aliphatic heterocycles. The Kier molecular flexibility index (Phi) is 6.29. The lowest BCUT2D eigenvalue weighted by atomic mass is 10.1. The van der Waals surface area contributed by atoms with Crippen LogP contribution >= 0.6 is 0 Å². The molecule has 2 aromatic heterocycles. The Labute approximate surface area is 181 Å². The van der Waals surface area contributed by atoms with Crippen molar-refractivity contribution in [1.82, 2.24) is 14.9 Å². The van der Waals surface area contributed by atoms with Gasteiger partial charge in [-0.15, -0.1) is 0 Å². The molecule has 0 aliphatic rings. The minimum atomic E-state index is -0.194. The van der Waals surface area contributed by atoms with Crippen LogP contribution in [0.15, 0.2) is 77.7 Å². The lowest BCUT2D eigenvalue weighted by molar-refractivity contribution is 0.273. The maximum absolute atomic E-state index is 11.9. The molecular weight excluding hydrogens is 390 g/mol. The van der Waals surface area contributed by atoms with Gasteiger partial charge in [0.15, 0.2) is 0 Å². The van der Waals surface area contributed by atoms with Crippen LogP contribution in [0.3, 0.4) is 0 Å². The summed E-state index contributed by atoms with van der Waals surface area (Å²) in [5.41, 5.74) is 2.57. The largest absolute Gasteiger partial charge is 0.478 e. The Morgan fingerprint density at radius 2 is 1.74 bits per heavy atom. The number of nitrogens with one attached hydrogen (secondary N) is 1. The molecule has 1 N–H and O–H groups in total. The second-order valence-corrected chi connectivity index (χ2v) is 7.56. The summed E-state index contributed by atoms with van der Waals surface area (Å²) in [5, 5.41) is 0.858. The number of ether oxygens (including phenoxy) is 2. The number of H-pyrrole nitrogens is 1. The predicted molar refractivity (Wildman–Crippen MR) is 123 cm³/mol. The molecule has 0 saturated heterocycles. The van der Waals surface area contributed by atoms with E-state index in [9.17, 15) is 4.79 Å². The van der Waals surface area contributed by atoms with Gasteiger partial charge in [-0.05, 0) is 56.4 Å². The summed E-state index contributed by atoms with van der Waals surface area (Å²) < 4.78 is 11.7. The molecule has 0 radical (unpaired) electrons. The molecule has 0 aliphatic carbocycles. The summed E-state index contributed by atoms with van der Waals surface area (Å²) in [6, 6.07) is 20.6. The van der Waals surface area contributed by atoms with Gasteiger partial charge in [0.1, 0.15) is 11.5 Å². The number of para-hydroxylation sites is 1. The highest BCUT2D eigenvalue weighted by Gasteiger charge is 2.07. The summed E-state index contributed by atoms with van der Waals surface area (Å²) in [4.78, 5) is 21.3. The fourth-order valence-electron chi connectivity index (χ4n) is 3.29. The van der Waals surface area contributed by atoms with Gasteiger partial charge >= 0.3 is 0 Å². The minimum absolute atomic E-state index is 0.194. The summed E-state index contributed by atoms with van der Waals surface area (Å²) in [6.45, 7) is 1.63. The molecule has 4 aromatic rings. The second kappa shape index (κ2) is 9.45.